The number of unbranched alkanes of at least 4 members (excludes halogenated alkanes) is 1. The second-order valence-electron chi connectivity index (χ2n) is 5.23. The molecule has 0 aromatic carbocycles. The van der Waals surface area contributed by atoms with E-state index >= 15 is 0 Å². The molecule has 0 aliphatic carbocycles. The second kappa shape index (κ2) is 6.51. The van der Waals surface area contributed by atoms with Gasteiger partial charge in [-0.3, -0.25) is 14.3 Å². The van der Waals surface area contributed by atoms with Gasteiger partial charge in [0, 0.05) is 18.8 Å². The van der Waals surface area contributed by atoms with Crippen LogP contribution in [0.2, 0.25) is 0 Å². The van der Waals surface area contributed by atoms with Crippen LogP contribution in [0, 0.1) is 0 Å². The van der Waals surface area contributed by atoms with Gasteiger partial charge in [-0.15, -0.1) is 0 Å². The number of aromatic nitrogens is 4. The molecule has 6 nitrogen and oxygen atoms in total. The third-order valence-electron chi connectivity index (χ3n) is 3.59. The summed E-state index contributed by atoms with van der Waals surface area (Å²) in [4.78, 5) is 30.8. The van der Waals surface area contributed by atoms with E-state index in [0.29, 0.717) is 16.4 Å². The highest BCUT2D eigenvalue weighted by Gasteiger charge is 2.18. The Hall–Kier alpha value is -1.50. The molecule has 0 saturated heterocycles. The zero-order chi connectivity index (χ0) is 15.6. The fourth-order valence-electron chi connectivity index (χ4n) is 2.09. The monoisotopic (exact) mass is 310 g/mol. The van der Waals surface area contributed by atoms with Crippen LogP contribution in [0.1, 0.15) is 40.0 Å². The molecule has 116 valence electrons. The zero-order valence-corrected chi connectivity index (χ0v) is 13.8. The number of aryl methyl sites for hydroxylation is 2. The molecular weight excluding hydrogens is 288 g/mol. The highest BCUT2D eigenvalue weighted by molar-refractivity contribution is 7.99. The van der Waals surface area contributed by atoms with Crippen LogP contribution in [-0.2, 0) is 13.6 Å². The maximum absolute atomic E-state index is 12.2. The summed E-state index contributed by atoms with van der Waals surface area (Å²) in [6.45, 7) is 7.12. The SMILES string of the molecule is CCCCn1c(S[C@H](C)CC)nc2c1c(=O)[nH]c(=O)n2C. The molecule has 0 spiro atoms. The largest absolute Gasteiger partial charge is 0.329 e. The second-order valence-corrected chi connectivity index (χ2v) is 6.63. The van der Waals surface area contributed by atoms with Crippen molar-refractivity contribution in [1.82, 2.24) is 19.1 Å². The van der Waals surface area contributed by atoms with Crippen molar-refractivity contribution in [1.29, 1.82) is 0 Å². The fourth-order valence-corrected chi connectivity index (χ4v) is 3.07. The molecule has 2 aromatic heterocycles. The summed E-state index contributed by atoms with van der Waals surface area (Å²) in [5.41, 5.74) is 0.183. The van der Waals surface area contributed by atoms with Gasteiger partial charge in [-0.05, 0) is 12.8 Å². The fraction of sp³-hybridized carbons (Fsp3) is 0.643. The number of H-pyrrole nitrogens is 1. The van der Waals surface area contributed by atoms with Crippen LogP contribution in [-0.4, -0.2) is 24.4 Å². The topological polar surface area (TPSA) is 72.7 Å². The van der Waals surface area contributed by atoms with Crippen LogP contribution < -0.4 is 11.2 Å². The number of imidazole rings is 1. The summed E-state index contributed by atoms with van der Waals surface area (Å²) in [5, 5.41) is 1.23. The van der Waals surface area contributed by atoms with E-state index in [9.17, 15) is 9.59 Å². The van der Waals surface area contributed by atoms with Gasteiger partial charge in [0.1, 0.15) is 0 Å². The number of rotatable bonds is 6. The normalized spacial score (nSPS) is 13.0. The number of thioether (sulfide) groups is 1. The van der Waals surface area contributed by atoms with Crippen molar-refractivity contribution in [2.24, 2.45) is 7.05 Å². The minimum atomic E-state index is -0.423. The molecule has 0 bridgehead atoms. The summed E-state index contributed by atoms with van der Waals surface area (Å²) >= 11 is 1.65. The van der Waals surface area contributed by atoms with Crippen molar-refractivity contribution < 1.29 is 0 Å². The summed E-state index contributed by atoms with van der Waals surface area (Å²) in [6, 6.07) is 0. The van der Waals surface area contributed by atoms with Crippen molar-refractivity contribution in [3.63, 3.8) is 0 Å². The number of fused-ring (bicyclic) bond motifs is 1. The Balaban J connectivity index is 2.66. The number of nitrogens with zero attached hydrogens (tertiary/aromatic N) is 3. The molecule has 0 fully saturated rings. The Kier molecular flexibility index (Phi) is 4.92. The van der Waals surface area contributed by atoms with Gasteiger partial charge in [-0.2, -0.15) is 0 Å². The average Bonchev–Trinajstić information content (AvgIpc) is 2.81. The molecule has 0 unspecified atom stereocenters. The van der Waals surface area contributed by atoms with E-state index in [1.54, 1.807) is 18.8 Å². The van der Waals surface area contributed by atoms with Gasteiger partial charge in [0.15, 0.2) is 16.3 Å². The van der Waals surface area contributed by atoms with Gasteiger partial charge in [0.25, 0.3) is 5.56 Å². The molecule has 0 aliphatic heterocycles. The molecule has 0 amide bonds. The molecule has 2 aromatic rings. The van der Waals surface area contributed by atoms with Crippen molar-refractivity contribution in [3.05, 3.63) is 20.8 Å². The quantitative estimate of drug-likeness (QED) is 0.829. The van der Waals surface area contributed by atoms with Crippen molar-refractivity contribution in [2.45, 2.75) is 57.0 Å². The highest BCUT2D eigenvalue weighted by atomic mass is 32.2. The molecule has 2 rings (SSSR count). The Labute approximate surface area is 127 Å². The Morgan fingerprint density at radius 1 is 1.33 bits per heavy atom. The van der Waals surface area contributed by atoms with Gasteiger partial charge in [0.05, 0.1) is 0 Å². The van der Waals surface area contributed by atoms with Gasteiger partial charge in [0.2, 0.25) is 0 Å². The lowest BCUT2D eigenvalue weighted by Gasteiger charge is -2.10. The van der Waals surface area contributed by atoms with E-state index in [4.69, 9.17) is 0 Å². The van der Waals surface area contributed by atoms with E-state index in [1.165, 1.54) is 4.57 Å². The maximum Gasteiger partial charge on any atom is 0.329 e. The lowest BCUT2D eigenvalue weighted by molar-refractivity contribution is 0.599. The molecule has 0 aliphatic rings. The van der Waals surface area contributed by atoms with Crippen LogP contribution in [0.5, 0.6) is 0 Å². The first kappa shape index (κ1) is 15.9. The Morgan fingerprint density at radius 2 is 2.05 bits per heavy atom. The predicted octanol–water partition coefficient (Wildman–Crippen LogP) is 2.11. The molecule has 1 atom stereocenters. The minimum absolute atomic E-state index is 0.354. The number of aromatic amines is 1. The van der Waals surface area contributed by atoms with Crippen LogP contribution in [0.4, 0.5) is 0 Å². The Morgan fingerprint density at radius 3 is 2.67 bits per heavy atom. The summed E-state index contributed by atoms with van der Waals surface area (Å²) in [5.74, 6) is 0. The molecular formula is C14H22N4O2S. The van der Waals surface area contributed by atoms with Crippen LogP contribution in [0.25, 0.3) is 11.2 Å². The number of hydrogen-bond acceptors (Lipinski definition) is 4. The van der Waals surface area contributed by atoms with Gasteiger partial charge >= 0.3 is 5.69 Å². The van der Waals surface area contributed by atoms with E-state index in [2.05, 4.69) is 30.7 Å². The first-order chi connectivity index (χ1) is 9.99. The molecule has 2 heterocycles. The van der Waals surface area contributed by atoms with E-state index in [0.717, 1.165) is 31.0 Å². The summed E-state index contributed by atoms with van der Waals surface area (Å²) in [6.07, 6.45) is 3.04. The van der Waals surface area contributed by atoms with Crippen LogP contribution in [0.3, 0.4) is 0 Å². The van der Waals surface area contributed by atoms with Crippen LogP contribution in [0.15, 0.2) is 14.7 Å². The maximum atomic E-state index is 12.2. The number of nitrogens with one attached hydrogen (secondary N) is 1. The molecule has 7 heteroatoms. The third-order valence-corrected chi connectivity index (χ3v) is 4.85. The van der Waals surface area contributed by atoms with Crippen molar-refractivity contribution in [3.8, 4) is 0 Å². The smallest absolute Gasteiger partial charge is 0.313 e. The van der Waals surface area contributed by atoms with Crippen molar-refractivity contribution >= 4 is 22.9 Å². The van der Waals surface area contributed by atoms with E-state index < -0.39 is 5.69 Å². The molecule has 0 saturated carbocycles. The lowest BCUT2D eigenvalue weighted by Crippen LogP contribution is -2.29. The first-order valence-electron chi connectivity index (χ1n) is 7.35. The highest BCUT2D eigenvalue weighted by Crippen LogP contribution is 2.27. The van der Waals surface area contributed by atoms with E-state index in [-0.39, 0.29) is 5.56 Å². The van der Waals surface area contributed by atoms with Crippen molar-refractivity contribution in [2.75, 3.05) is 0 Å². The minimum Gasteiger partial charge on any atom is -0.313 e. The summed E-state index contributed by atoms with van der Waals surface area (Å²) in [7, 11) is 1.63. The Bertz CT molecular complexity index is 744. The van der Waals surface area contributed by atoms with Gasteiger partial charge in [-0.1, -0.05) is 39.0 Å². The standard InChI is InChI=1S/C14H22N4O2S/c1-5-7-8-18-10-11(15-14(18)21-9(3)6-2)17(4)13(20)16-12(10)19/h9H,5-8H2,1-4H3,(H,16,19,20)/t9-/m1/s1. The molecule has 0 radical (unpaired) electrons. The molecule has 1 N–H and O–H groups in total. The van der Waals surface area contributed by atoms with E-state index in [1.807, 2.05) is 4.57 Å². The summed E-state index contributed by atoms with van der Waals surface area (Å²) < 4.78 is 3.35. The zero-order valence-electron chi connectivity index (χ0n) is 13.0. The number of hydrogen-bond donors (Lipinski definition) is 1. The van der Waals surface area contributed by atoms with Gasteiger partial charge in [-0.25, -0.2) is 9.78 Å². The predicted molar refractivity (Wildman–Crippen MR) is 86.1 cm³/mol. The van der Waals surface area contributed by atoms with Gasteiger partial charge < -0.3 is 4.57 Å². The third kappa shape index (κ3) is 3.07. The molecule has 21 heavy (non-hydrogen) atoms. The average molecular weight is 310 g/mol. The first-order valence-corrected chi connectivity index (χ1v) is 8.23. The van der Waals surface area contributed by atoms with Crippen LogP contribution >= 0.6 is 11.8 Å². The lowest BCUT2D eigenvalue weighted by atomic mass is 10.3.